The molecule has 1 aromatic carbocycles. The van der Waals surface area contributed by atoms with Gasteiger partial charge in [-0.3, -0.25) is 4.68 Å². The molecular formula is C14H13F3N2O4S. The number of halogens is 3. The van der Waals surface area contributed by atoms with Crippen LogP contribution in [0.3, 0.4) is 0 Å². The number of aliphatic hydroxyl groups is 1. The molecule has 6 nitrogen and oxygen atoms in total. The molecule has 2 aromatic rings. The number of sulfone groups is 1. The third kappa shape index (κ3) is 2.65. The van der Waals surface area contributed by atoms with E-state index in [4.69, 9.17) is 4.74 Å². The summed E-state index contributed by atoms with van der Waals surface area (Å²) in [5, 5.41) is 13.9. The summed E-state index contributed by atoms with van der Waals surface area (Å²) in [5.74, 6) is 0.559. The van der Waals surface area contributed by atoms with Gasteiger partial charge in [0.2, 0.25) is 0 Å². The molecule has 24 heavy (non-hydrogen) atoms. The number of hydrogen-bond acceptors (Lipinski definition) is 5. The largest absolute Gasteiger partial charge is 0.501 e. The lowest BCUT2D eigenvalue weighted by molar-refractivity contribution is -0.0437. The average molecular weight is 362 g/mol. The lowest BCUT2D eigenvalue weighted by atomic mass is 10.1. The van der Waals surface area contributed by atoms with Crippen molar-refractivity contribution in [1.82, 2.24) is 9.78 Å². The van der Waals surface area contributed by atoms with Crippen LogP contribution in [0.25, 0.3) is 0 Å². The maximum atomic E-state index is 12.9. The van der Waals surface area contributed by atoms with E-state index >= 15 is 0 Å². The van der Waals surface area contributed by atoms with Crippen LogP contribution < -0.4 is 4.74 Å². The summed E-state index contributed by atoms with van der Waals surface area (Å²) < 4.78 is 69.1. The summed E-state index contributed by atoms with van der Waals surface area (Å²) in [5.41, 5.74) is -5.42. The first-order chi connectivity index (χ1) is 11.1. The molecule has 1 aromatic heterocycles. The van der Waals surface area contributed by atoms with E-state index in [-0.39, 0.29) is 29.7 Å². The molecule has 0 spiro atoms. The van der Waals surface area contributed by atoms with Crippen LogP contribution in [0, 0.1) is 0 Å². The van der Waals surface area contributed by atoms with Gasteiger partial charge in [0.1, 0.15) is 5.75 Å². The molecule has 0 aliphatic heterocycles. The Morgan fingerprint density at radius 3 is 2.67 bits per heavy atom. The second-order valence-corrected chi connectivity index (χ2v) is 7.32. The smallest absolute Gasteiger partial charge is 0.454 e. The number of aryl methyl sites for hydroxylation is 1. The van der Waals surface area contributed by atoms with Crippen LogP contribution in [0.4, 0.5) is 13.2 Å². The highest BCUT2D eigenvalue weighted by Crippen LogP contribution is 2.44. The van der Waals surface area contributed by atoms with E-state index < -0.39 is 26.3 Å². The van der Waals surface area contributed by atoms with E-state index in [0.717, 1.165) is 6.07 Å². The minimum atomic E-state index is -5.55. The molecule has 0 bridgehead atoms. The molecule has 0 radical (unpaired) electrons. The zero-order valence-corrected chi connectivity index (χ0v) is 13.2. The van der Waals surface area contributed by atoms with Gasteiger partial charge in [-0.25, -0.2) is 8.42 Å². The van der Waals surface area contributed by atoms with E-state index in [0.29, 0.717) is 5.75 Å². The molecule has 1 N–H and O–H groups in total. The number of hydrogen-bond donors (Lipinski definition) is 1. The number of nitrogens with zero attached hydrogens (tertiary/aromatic N) is 2. The van der Waals surface area contributed by atoms with Crippen molar-refractivity contribution in [2.45, 2.75) is 29.3 Å². The van der Waals surface area contributed by atoms with E-state index in [1.54, 1.807) is 13.2 Å². The Bertz CT molecular complexity index is 890. The number of aliphatic hydroxyl groups excluding tert-OH is 1. The van der Waals surface area contributed by atoms with Crippen molar-refractivity contribution in [2.75, 3.05) is 0 Å². The van der Waals surface area contributed by atoms with E-state index in [2.05, 4.69) is 5.10 Å². The van der Waals surface area contributed by atoms with Gasteiger partial charge in [-0.05, 0) is 25.0 Å². The van der Waals surface area contributed by atoms with Crippen LogP contribution in [0.2, 0.25) is 0 Å². The third-order valence-electron chi connectivity index (χ3n) is 3.78. The molecule has 1 atom stereocenters. The summed E-state index contributed by atoms with van der Waals surface area (Å²) in [6, 6.07) is 1.99. The number of benzene rings is 1. The number of aromatic nitrogens is 2. The molecule has 0 saturated carbocycles. The van der Waals surface area contributed by atoms with Gasteiger partial charge in [-0.1, -0.05) is 0 Å². The fourth-order valence-electron chi connectivity index (χ4n) is 2.70. The Morgan fingerprint density at radius 1 is 1.38 bits per heavy atom. The average Bonchev–Trinajstić information content (AvgIpc) is 3.05. The quantitative estimate of drug-likeness (QED) is 0.907. The van der Waals surface area contributed by atoms with Crippen LogP contribution in [0.5, 0.6) is 11.5 Å². The van der Waals surface area contributed by atoms with Crippen molar-refractivity contribution in [3.63, 3.8) is 0 Å². The maximum absolute atomic E-state index is 12.9. The fraction of sp³-hybridized carbons (Fsp3) is 0.357. The molecule has 1 unspecified atom stereocenters. The Labute approximate surface area is 135 Å². The Hall–Kier alpha value is -2.07. The fourth-order valence-corrected chi connectivity index (χ4v) is 3.75. The molecule has 0 saturated heterocycles. The van der Waals surface area contributed by atoms with Crippen molar-refractivity contribution in [3.05, 3.63) is 35.7 Å². The van der Waals surface area contributed by atoms with Gasteiger partial charge in [0.25, 0.3) is 9.84 Å². The molecule has 130 valence electrons. The van der Waals surface area contributed by atoms with Crippen LogP contribution in [0.1, 0.15) is 23.7 Å². The van der Waals surface area contributed by atoms with Crippen LogP contribution in [0.15, 0.2) is 29.4 Å². The molecule has 10 heteroatoms. The highest BCUT2D eigenvalue weighted by Gasteiger charge is 2.49. The number of fused-ring (bicyclic) bond motifs is 1. The van der Waals surface area contributed by atoms with Crippen molar-refractivity contribution in [3.8, 4) is 11.5 Å². The Morgan fingerprint density at radius 2 is 2.08 bits per heavy atom. The van der Waals surface area contributed by atoms with Crippen LogP contribution >= 0.6 is 0 Å². The second-order valence-electron chi connectivity index (χ2n) is 5.41. The van der Waals surface area contributed by atoms with Gasteiger partial charge in [-0.15, -0.1) is 0 Å². The molecule has 1 heterocycles. The molecule has 1 aliphatic rings. The van der Waals surface area contributed by atoms with Gasteiger partial charge in [-0.2, -0.15) is 18.3 Å². The number of alkyl halides is 3. The summed E-state index contributed by atoms with van der Waals surface area (Å²) in [7, 11) is -3.89. The van der Waals surface area contributed by atoms with Crippen molar-refractivity contribution in [1.29, 1.82) is 0 Å². The SMILES string of the molecule is Cn1cc(Oc2ccc(S(=O)(=O)C(F)(F)F)c3c2CCC3O)cn1. The lowest BCUT2D eigenvalue weighted by Gasteiger charge is -2.16. The van der Waals surface area contributed by atoms with Crippen LogP contribution in [-0.4, -0.2) is 28.8 Å². The molecule has 0 fully saturated rings. The maximum Gasteiger partial charge on any atom is 0.501 e. The number of ether oxygens (including phenoxy) is 1. The summed E-state index contributed by atoms with van der Waals surface area (Å²) >= 11 is 0. The van der Waals surface area contributed by atoms with Crippen molar-refractivity contribution < 1.29 is 31.4 Å². The van der Waals surface area contributed by atoms with Gasteiger partial charge in [0.05, 0.1) is 23.4 Å². The molecule has 1 aliphatic carbocycles. The summed E-state index contributed by atoms with van der Waals surface area (Å²) in [6.45, 7) is 0. The lowest BCUT2D eigenvalue weighted by Crippen LogP contribution is -2.24. The van der Waals surface area contributed by atoms with E-state index in [9.17, 15) is 26.7 Å². The molecule has 3 rings (SSSR count). The predicted molar refractivity (Wildman–Crippen MR) is 76.2 cm³/mol. The normalized spacial score (nSPS) is 17.8. The van der Waals surface area contributed by atoms with Gasteiger partial charge in [0, 0.05) is 18.2 Å². The van der Waals surface area contributed by atoms with Crippen molar-refractivity contribution in [2.24, 2.45) is 7.05 Å². The van der Waals surface area contributed by atoms with E-state index in [1.807, 2.05) is 0 Å². The van der Waals surface area contributed by atoms with Gasteiger partial charge >= 0.3 is 5.51 Å². The monoisotopic (exact) mass is 362 g/mol. The minimum absolute atomic E-state index is 0.128. The Balaban J connectivity index is 2.11. The second kappa shape index (κ2) is 5.49. The first kappa shape index (κ1) is 16.8. The zero-order valence-electron chi connectivity index (χ0n) is 12.4. The van der Waals surface area contributed by atoms with Gasteiger partial charge in [0.15, 0.2) is 5.75 Å². The summed E-state index contributed by atoms with van der Waals surface area (Å²) in [4.78, 5) is -0.923. The number of rotatable bonds is 3. The zero-order chi connectivity index (χ0) is 17.7. The molecular weight excluding hydrogens is 349 g/mol. The highest BCUT2D eigenvalue weighted by molar-refractivity contribution is 7.92. The Kier molecular flexibility index (Phi) is 3.83. The van der Waals surface area contributed by atoms with Gasteiger partial charge < -0.3 is 9.84 Å². The predicted octanol–water partition coefficient (Wildman–Crippen LogP) is 2.49. The third-order valence-corrected chi connectivity index (χ3v) is 5.32. The standard InChI is InChI=1S/C14H13F3N2O4S/c1-19-7-8(6-18-19)23-11-4-5-12(24(21,22)14(15,16)17)13-9(11)2-3-10(13)20/h4-7,10,20H,2-3H2,1H3. The van der Waals surface area contributed by atoms with Crippen LogP contribution in [-0.2, 0) is 23.3 Å². The van der Waals surface area contributed by atoms with Crippen molar-refractivity contribution >= 4 is 9.84 Å². The topological polar surface area (TPSA) is 81.4 Å². The first-order valence-electron chi connectivity index (χ1n) is 6.93. The minimum Gasteiger partial charge on any atom is -0.454 e. The summed E-state index contributed by atoms with van der Waals surface area (Å²) in [6.07, 6.45) is 2.02. The first-order valence-corrected chi connectivity index (χ1v) is 8.41. The molecule has 0 amide bonds. The highest BCUT2D eigenvalue weighted by atomic mass is 32.2. The van der Waals surface area contributed by atoms with E-state index in [1.165, 1.54) is 16.9 Å².